The van der Waals surface area contributed by atoms with E-state index in [9.17, 15) is 9.13 Å². The molecule has 0 saturated carbocycles. The maximum absolute atomic E-state index is 14.9. The van der Waals surface area contributed by atoms with Crippen LogP contribution in [0.1, 0.15) is 0 Å². The van der Waals surface area contributed by atoms with Gasteiger partial charge in [-0.1, -0.05) is 0 Å². The van der Waals surface area contributed by atoms with Gasteiger partial charge in [0.15, 0.2) is 0 Å². The predicted octanol–water partition coefficient (Wildman–Crippen LogP) is 4.28. The van der Waals surface area contributed by atoms with Gasteiger partial charge in [0.25, 0.3) is 0 Å². The minimum atomic E-state index is -2.72. The molecule has 12 nitrogen and oxygen atoms in total. The van der Waals surface area contributed by atoms with E-state index in [1.165, 1.54) is 25.3 Å². The maximum Gasteiger partial charge on any atom is 0.136 e. The van der Waals surface area contributed by atoms with Crippen molar-refractivity contribution in [2.75, 3.05) is 10.6 Å². The Hall–Kier alpha value is -5.70. The second kappa shape index (κ2) is 10.4. The quantitative estimate of drug-likeness (QED) is 0.227. The molecule has 0 atom stereocenters. The zero-order valence-corrected chi connectivity index (χ0v) is 25.6. The third kappa shape index (κ3) is 4.38. The van der Waals surface area contributed by atoms with Gasteiger partial charge in [0.2, 0.25) is 0 Å². The summed E-state index contributed by atoms with van der Waals surface area (Å²) in [6.07, 6.45) is 12.7. The first-order valence-electron chi connectivity index (χ1n) is 14.2. The molecule has 1 aliphatic rings. The van der Waals surface area contributed by atoms with E-state index in [0.717, 1.165) is 21.5 Å². The molecule has 2 N–H and O–H groups in total. The largest absolute Gasteiger partial charge is 0.354 e. The lowest BCUT2D eigenvalue weighted by molar-refractivity contribution is 0.597. The third-order valence-corrected chi connectivity index (χ3v) is 11.7. The number of hydrogen-bond acceptors (Lipinski definition) is 12. The van der Waals surface area contributed by atoms with Crippen molar-refractivity contribution in [2.45, 2.75) is 0 Å². The Bertz CT molecular complexity index is 2260. The molecule has 0 aliphatic carbocycles. The fourth-order valence-electron chi connectivity index (χ4n) is 5.86. The molecule has 0 spiro atoms. The highest BCUT2D eigenvalue weighted by molar-refractivity contribution is 7.63. The van der Waals surface area contributed by atoms with Gasteiger partial charge in [0.1, 0.15) is 40.9 Å². The monoisotopic (exact) mass is 638 g/mol. The van der Waals surface area contributed by atoms with Crippen LogP contribution in [0.15, 0.2) is 98.6 Å². The summed E-state index contributed by atoms with van der Waals surface area (Å²) >= 11 is 0. The van der Waals surface area contributed by atoms with E-state index in [4.69, 9.17) is 0 Å². The van der Waals surface area contributed by atoms with Crippen molar-refractivity contribution in [1.29, 1.82) is 0 Å². The number of anilines is 4. The van der Waals surface area contributed by atoms with E-state index in [1.54, 1.807) is 24.8 Å². The minimum Gasteiger partial charge on any atom is -0.354 e. The van der Waals surface area contributed by atoms with Crippen LogP contribution >= 0.6 is 15.6 Å². The molecule has 0 bridgehead atoms. The van der Waals surface area contributed by atoms with Crippen molar-refractivity contribution in [3.8, 4) is 0 Å². The summed E-state index contributed by atoms with van der Waals surface area (Å²) in [6, 6.07) is 14.8. The molecule has 0 fully saturated rings. The molecular weight excluding hydrogens is 618 g/mol. The predicted molar refractivity (Wildman–Crippen MR) is 181 cm³/mol. The normalized spacial score (nSPS) is 15.9. The van der Waals surface area contributed by atoms with Gasteiger partial charge in [-0.25, -0.2) is 39.9 Å². The molecule has 0 radical (unpaired) electrons. The second-order valence-electron chi connectivity index (χ2n) is 10.8. The van der Waals surface area contributed by atoms with Crippen LogP contribution in [0.3, 0.4) is 0 Å². The van der Waals surface area contributed by atoms with E-state index < -0.39 is 15.6 Å². The van der Waals surface area contributed by atoms with Crippen LogP contribution in [-0.4, -0.2) is 39.9 Å². The van der Waals surface area contributed by atoms with Crippen molar-refractivity contribution in [3.05, 3.63) is 98.6 Å². The van der Waals surface area contributed by atoms with Crippen LogP contribution in [0.5, 0.6) is 0 Å². The summed E-state index contributed by atoms with van der Waals surface area (Å²) in [4.78, 5) is 34.6. The minimum absolute atomic E-state index is 0.562. The molecule has 0 unspecified atom stereocenters. The number of nitrogens with zero attached hydrogens (tertiary/aromatic N) is 8. The molecule has 0 saturated heterocycles. The number of nitrogens with one attached hydrogen (secondary N) is 2. The van der Waals surface area contributed by atoms with E-state index in [2.05, 4.69) is 50.5 Å². The lowest BCUT2D eigenvalue weighted by Crippen LogP contribution is -2.20. The van der Waals surface area contributed by atoms with Crippen molar-refractivity contribution in [3.63, 3.8) is 0 Å². The summed E-state index contributed by atoms with van der Waals surface area (Å²) in [7, 11) is -5.44. The van der Waals surface area contributed by atoms with Gasteiger partial charge in [-0.15, -0.1) is 0 Å². The smallest absolute Gasteiger partial charge is 0.136 e. The molecule has 8 aromatic rings. The van der Waals surface area contributed by atoms with Crippen LogP contribution in [0.25, 0.3) is 43.6 Å². The number of aromatic nitrogens is 8. The summed E-state index contributed by atoms with van der Waals surface area (Å²) in [6.45, 7) is 0. The van der Waals surface area contributed by atoms with Crippen LogP contribution in [0.2, 0.25) is 0 Å². The Balaban J connectivity index is 1.39. The summed E-state index contributed by atoms with van der Waals surface area (Å²) in [5, 5.41) is 12.2. The fourth-order valence-corrected chi connectivity index (χ4v) is 9.11. The standard InChI is InChI=1S/C32H20N10O2P2/c43-45-29-1-17-9-33-13-37-21(17)5-25(29)41-27-7-23-19(11-35-15-39-23)3-31(27)46(44)32-4-20-12-36-16-40-24(20)8-28(32)42-26-6-22-18(2-30(26)45)10-34-14-38-22/h1-16,41-42,45-46H. The lowest BCUT2D eigenvalue weighted by atomic mass is 10.2. The van der Waals surface area contributed by atoms with Crippen molar-refractivity contribution >= 4 is 103 Å². The zero-order valence-electron chi connectivity index (χ0n) is 23.6. The summed E-state index contributed by atoms with van der Waals surface area (Å²) in [5.74, 6) is 0. The highest BCUT2D eigenvalue weighted by Crippen LogP contribution is 2.38. The summed E-state index contributed by atoms with van der Waals surface area (Å²) in [5.41, 5.74) is 4.96. The van der Waals surface area contributed by atoms with Crippen molar-refractivity contribution in [2.24, 2.45) is 0 Å². The van der Waals surface area contributed by atoms with Gasteiger partial charge in [0.05, 0.1) is 44.8 Å². The zero-order chi connectivity index (χ0) is 30.8. The number of rotatable bonds is 0. The Morgan fingerprint density at radius 1 is 0.391 bits per heavy atom. The lowest BCUT2D eigenvalue weighted by Gasteiger charge is -2.22. The average molecular weight is 639 g/mol. The molecule has 1 aliphatic heterocycles. The van der Waals surface area contributed by atoms with Gasteiger partial charge in [-0.3, -0.25) is 0 Å². The molecule has 4 aromatic heterocycles. The van der Waals surface area contributed by atoms with Gasteiger partial charge in [0, 0.05) is 67.6 Å². The first-order valence-corrected chi connectivity index (χ1v) is 17.0. The van der Waals surface area contributed by atoms with E-state index in [1.807, 2.05) is 48.5 Å². The molecule has 46 heavy (non-hydrogen) atoms. The van der Waals surface area contributed by atoms with Crippen molar-refractivity contribution in [1.82, 2.24) is 39.9 Å². The topological polar surface area (TPSA) is 161 Å². The van der Waals surface area contributed by atoms with E-state index in [-0.39, 0.29) is 0 Å². The molecule has 220 valence electrons. The maximum atomic E-state index is 14.9. The SMILES string of the molecule is O=[PH]1c2cc3cncnc3cc2Nc2cc3ncncc3cc2[PH](=O)c2cc3cncnc3cc2Nc2cc3ncncc3cc21. The van der Waals surface area contributed by atoms with E-state index >= 15 is 0 Å². The molecule has 5 heterocycles. The van der Waals surface area contributed by atoms with Crippen LogP contribution in [-0.2, 0) is 9.13 Å². The highest BCUT2D eigenvalue weighted by Gasteiger charge is 2.24. The Morgan fingerprint density at radius 3 is 0.913 bits per heavy atom. The fraction of sp³-hybridized carbons (Fsp3) is 0. The number of benzene rings is 4. The van der Waals surface area contributed by atoms with Gasteiger partial charge in [-0.05, 0) is 48.5 Å². The van der Waals surface area contributed by atoms with Gasteiger partial charge in [-0.2, -0.15) is 0 Å². The third-order valence-electron chi connectivity index (χ3n) is 8.09. The number of fused-ring (bicyclic) bond motifs is 8. The summed E-state index contributed by atoms with van der Waals surface area (Å²) < 4.78 is 29.7. The Morgan fingerprint density at radius 2 is 0.652 bits per heavy atom. The van der Waals surface area contributed by atoms with Crippen LogP contribution < -0.4 is 31.9 Å². The number of hydrogen-bond donors (Lipinski definition) is 2. The van der Waals surface area contributed by atoms with Gasteiger partial charge < -0.3 is 19.8 Å². The van der Waals surface area contributed by atoms with Crippen LogP contribution in [0.4, 0.5) is 22.7 Å². The molecule has 14 heteroatoms. The molecular formula is C32H20N10O2P2. The first kappa shape index (κ1) is 26.7. The second-order valence-corrected chi connectivity index (χ2v) is 14.3. The average Bonchev–Trinajstić information content (AvgIpc) is 3.09. The Labute approximate surface area is 261 Å². The molecule has 9 rings (SSSR count). The highest BCUT2D eigenvalue weighted by atomic mass is 31.1. The van der Waals surface area contributed by atoms with Gasteiger partial charge >= 0.3 is 0 Å². The Kier molecular flexibility index (Phi) is 6.06. The van der Waals surface area contributed by atoms with E-state index in [0.29, 0.717) is 66.0 Å². The molecule has 4 aromatic carbocycles. The first-order chi connectivity index (χ1) is 22.6. The van der Waals surface area contributed by atoms with Crippen LogP contribution in [0, 0.1) is 0 Å². The molecule has 0 amide bonds. The van der Waals surface area contributed by atoms with Crippen molar-refractivity contribution < 1.29 is 9.13 Å².